The van der Waals surface area contributed by atoms with Gasteiger partial charge in [-0.15, -0.1) is 0 Å². The zero-order valence-electron chi connectivity index (χ0n) is 24.5. The van der Waals surface area contributed by atoms with E-state index in [0.29, 0.717) is 24.2 Å². The molecule has 3 N–H and O–H groups in total. The van der Waals surface area contributed by atoms with Crippen molar-refractivity contribution in [1.29, 1.82) is 0 Å². The molecule has 0 amide bonds. The van der Waals surface area contributed by atoms with Gasteiger partial charge in [-0.1, -0.05) is 66.2 Å². The average molecular weight is 517 g/mol. The standard InChI is InChI=1S/C32H52O5/c1-17(2)18(3)10-11-19(4)22-13-14-23-21-12-15-25-30(6,7)28(36)24(34)16-31(25,8)26(21)27(35)29(32(22,23)9)37-20(5)33/h17,19,22-25,27-29,34-36H,3,10-16H2,1-2,4-9H3/t19-,22-,23+,24-,25?,27-,28+,29+,31+,32-/m1/s1. The van der Waals surface area contributed by atoms with Gasteiger partial charge >= 0.3 is 5.97 Å². The van der Waals surface area contributed by atoms with Crippen molar-refractivity contribution in [2.45, 2.75) is 125 Å². The van der Waals surface area contributed by atoms with Crippen LogP contribution in [-0.2, 0) is 9.53 Å². The second-order valence-electron chi connectivity index (χ2n) is 14.4. The number of rotatable bonds is 6. The minimum atomic E-state index is -0.898. The van der Waals surface area contributed by atoms with Crippen molar-refractivity contribution in [2.24, 2.45) is 45.8 Å². The highest BCUT2D eigenvalue weighted by atomic mass is 16.6. The van der Waals surface area contributed by atoms with Crippen LogP contribution in [0.15, 0.2) is 23.3 Å². The molecule has 0 bridgehead atoms. The van der Waals surface area contributed by atoms with E-state index in [-0.39, 0.29) is 23.2 Å². The predicted molar refractivity (Wildman–Crippen MR) is 147 cm³/mol. The Morgan fingerprint density at radius 3 is 2.32 bits per heavy atom. The summed E-state index contributed by atoms with van der Waals surface area (Å²) in [7, 11) is 0. The maximum atomic E-state index is 12.4. The van der Waals surface area contributed by atoms with Crippen molar-refractivity contribution >= 4 is 5.97 Å². The summed E-state index contributed by atoms with van der Waals surface area (Å²) in [6.07, 6.45) is 3.27. The minimum absolute atomic E-state index is 0.132. The van der Waals surface area contributed by atoms with Crippen LogP contribution in [0.2, 0.25) is 0 Å². The van der Waals surface area contributed by atoms with E-state index >= 15 is 0 Å². The smallest absolute Gasteiger partial charge is 0.303 e. The normalized spacial score (nSPS) is 43.6. The predicted octanol–water partition coefficient (Wildman–Crippen LogP) is 5.82. The van der Waals surface area contributed by atoms with Gasteiger partial charge < -0.3 is 20.1 Å². The van der Waals surface area contributed by atoms with Crippen molar-refractivity contribution < 1.29 is 24.9 Å². The number of carbonyl (C=O) groups is 1. The number of hydrogen-bond acceptors (Lipinski definition) is 5. The number of allylic oxidation sites excluding steroid dienone is 2. The maximum absolute atomic E-state index is 12.4. The van der Waals surface area contributed by atoms with Gasteiger partial charge in [-0.3, -0.25) is 4.79 Å². The first-order valence-electron chi connectivity index (χ1n) is 14.7. The lowest BCUT2D eigenvalue weighted by Gasteiger charge is -2.62. The second-order valence-corrected chi connectivity index (χ2v) is 14.4. The first-order valence-corrected chi connectivity index (χ1v) is 14.7. The molecule has 37 heavy (non-hydrogen) atoms. The Balaban J connectivity index is 1.77. The zero-order valence-corrected chi connectivity index (χ0v) is 24.5. The quantitative estimate of drug-likeness (QED) is 0.306. The summed E-state index contributed by atoms with van der Waals surface area (Å²) >= 11 is 0. The average Bonchev–Trinajstić information content (AvgIpc) is 3.15. The lowest BCUT2D eigenvalue weighted by Crippen LogP contribution is -2.63. The Morgan fingerprint density at radius 2 is 1.73 bits per heavy atom. The number of esters is 1. The molecule has 4 aliphatic rings. The summed E-state index contributed by atoms with van der Waals surface area (Å²) < 4.78 is 6.09. The largest absolute Gasteiger partial charge is 0.459 e. The van der Waals surface area contributed by atoms with Gasteiger partial charge in [0, 0.05) is 12.3 Å². The van der Waals surface area contributed by atoms with Crippen LogP contribution in [0.3, 0.4) is 0 Å². The molecule has 4 aliphatic carbocycles. The lowest BCUT2D eigenvalue weighted by molar-refractivity contribution is -0.185. The van der Waals surface area contributed by atoms with Crippen molar-refractivity contribution in [1.82, 2.24) is 0 Å². The fourth-order valence-electron chi connectivity index (χ4n) is 9.74. The van der Waals surface area contributed by atoms with E-state index in [9.17, 15) is 20.1 Å². The minimum Gasteiger partial charge on any atom is -0.459 e. The molecule has 10 atom stereocenters. The molecule has 2 saturated carbocycles. The topological polar surface area (TPSA) is 87.0 Å². The third-order valence-electron chi connectivity index (χ3n) is 11.7. The van der Waals surface area contributed by atoms with Crippen LogP contribution in [0.25, 0.3) is 0 Å². The highest BCUT2D eigenvalue weighted by Crippen LogP contribution is 2.68. The highest BCUT2D eigenvalue weighted by molar-refractivity contribution is 5.66. The molecular formula is C32H52O5. The van der Waals surface area contributed by atoms with Crippen LogP contribution in [0.5, 0.6) is 0 Å². The first-order chi connectivity index (χ1) is 17.1. The molecular weight excluding hydrogens is 464 g/mol. The number of hydrogen-bond donors (Lipinski definition) is 3. The van der Waals surface area contributed by atoms with Gasteiger partial charge in [0.1, 0.15) is 12.2 Å². The molecule has 210 valence electrons. The van der Waals surface area contributed by atoms with E-state index in [4.69, 9.17) is 4.74 Å². The van der Waals surface area contributed by atoms with E-state index in [0.717, 1.165) is 44.1 Å². The van der Waals surface area contributed by atoms with Crippen molar-refractivity contribution in [3.8, 4) is 0 Å². The van der Waals surface area contributed by atoms with E-state index in [1.807, 2.05) is 0 Å². The summed E-state index contributed by atoms with van der Waals surface area (Å²) in [6.45, 7) is 21.0. The third-order valence-corrected chi connectivity index (χ3v) is 11.7. The Hall–Kier alpha value is -1.17. The molecule has 2 fully saturated rings. The molecule has 0 heterocycles. The van der Waals surface area contributed by atoms with Crippen molar-refractivity contribution in [2.75, 3.05) is 0 Å². The number of carbonyl (C=O) groups excluding carboxylic acids is 1. The van der Waals surface area contributed by atoms with Crippen LogP contribution < -0.4 is 0 Å². The Kier molecular flexibility index (Phi) is 7.62. The van der Waals surface area contributed by atoms with Crippen LogP contribution in [-0.4, -0.2) is 45.7 Å². The molecule has 1 unspecified atom stereocenters. The van der Waals surface area contributed by atoms with Gasteiger partial charge in [0.25, 0.3) is 0 Å². The van der Waals surface area contributed by atoms with Gasteiger partial charge in [0.15, 0.2) is 0 Å². The molecule has 5 heteroatoms. The van der Waals surface area contributed by atoms with Crippen LogP contribution in [0.4, 0.5) is 0 Å². The highest BCUT2D eigenvalue weighted by Gasteiger charge is 2.66. The Morgan fingerprint density at radius 1 is 1.08 bits per heavy atom. The van der Waals surface area contributed by atoms with Gasteiger partial charge in [-0.25, -0.2) is 0 Å². The number of aliphatic hydroxyl groups is 3. The van der Waals surface area contributed by atoms with Crippen LogP contribution >= 0.6 is 0 Å². The van der Waals surface area contributed by atoms with E-state index in [1.54, 1.807) is 0 Å². The number of aliphatic hydroxyl groups excluding tert-OH is 3. The molecule has 0 saturated heterocycles. The van der Waals surface area contributed by atoms with Crippen LogP contribution in [0.1, 0.15) is 100 Å². The monoisotopic (exact) mass is 516 g/mol. The molecule has 0 radical (unpaired) electrons. The molecule has 0 aromatic carbocycles. The first kappa shape index (κ1) is 28.8. The summed E-state index contributed by atoms with van der Waals surface area (Å²) in [5.41, 5.74) is 2.36. The van der Waals surface area contributed by atoms with Gasteiger partial charge in [-0.05, 0) is 90.9 Å². The SMILES string of the molecule is C=C(CC[C@@H](C)[C@H]1CC[C@H]2C3=C([C@@H](O)[C@H](OC(C)=O)[C@]12C)[C@@]1(C)C[C@@H](O)[C@H](O)C(C)(C)C1CC3)C(C)C. The third kappa shape index (κ3) is 4.36. The molecule has 0 aliphatic heterocycles. The second kappa shape index (κ2) is 9.78. The van der Waals surface area contributed by atoms with E-state index < -0.39 is 35.2 Å². The maximum Gasteiger partial charge on any atom is 0.303 e. The van der Waals surface area contributed by atoms with Crippen molar-refractivity contribution in [3.63, 3.8) is 0 Å². The molecule has 4 rings (SSSR count). The van der Waals surface area contributed by atoms with Gasteiger partial charge in [0.05, 0.1) is 12.2 Å². The summed E-state index contributed by atoms with van der Waals surface area (Å²) in [5.74, 6) is 1.27. The number of ether oxygens (including phenoxy) is 1. The Labute approximate surface area is 224 Å². The summed E-state index contributed by atoms with van der Waals surface area (Å²) in [5, 5.41) is 34.0. The fourth-order valence-corrected chi connectivity index (χ4v) is 9.74. The van der Waals surface area contributed by atoms with Gasteiger partial charge in [0.2, 0.25) is 0 Å². The molecule has 0 spiro atoms. The fraction of sp³-hybridized carbons (Fsp3) is 0.844. The van der Waals surface area contributed by atoms with E-state index in [1.165, 1.54) is 18.1 Å². The van der Waals surface area contributed by atoms with E-state index in [2.05, 4.69) is 55.0 Å². The number of fused-ring (bicyclic) bond motifs is 4. The van der Waals surface area contributed by atoms with Crippen LogP contribution in [0, 0.1) is 45.8 Å². The summed E-state index contributed by atoms with van der Waals surface area (Å²) in [4.78, 5) is 12.4. The zero-order chi connectivity index (χ0) is 27.7. The van der Waals surface area contributed by atoms with Crippen molar-refractivity contribution in [3.05, 3.63) is 23.3 Å². The molecule has 0 aromatic heterocycles. The summed E-state index contributed by atoms with van der Waals surface area (Å²) in [6, 6.07) is 0. The van der Waals surface area contributed by atoms with Gasteiger partial charge in [-0.2, -0.15) is 0 Å². The molecule has 5 nitrogen and oxygen atoms in total. The Bertz CT molecular complexity index is 949. The lowest BCUT2D eigenvalue weighted by atomic mass is 9.44. The molecule has 0 aromatic rings.